The normalized spacial score (nSPS) is 12.2. The summed E-state index contributed by atoms with van der Waals surface area (Å²) < 4.78 is 12.9. The molecular weight excluding hydrogens is 245 g/mol. The highest BCUT2D eigenvalue weighted by molar-refractivity contribution is 5.53. The van der Waals surface area contributed by atoms with Gasteiger partial charge in [0.15, 0.2) is 0 Å². The third-order valence-electron chi connectivity index (χ3n) is 3.02. The van der Waals surface area contributed by atoms with E-state index in [2.05, 4.69) is 5.32 Å². The van der Waals surface area contributed by atoms with Crippen LogP contribution < -0.4 is 5.32 Å². The van der Waals surface area contributed by atoms with Crippen molar-refractivity contribution in [3.63, 3.8) is 0 Å². The molecule has 0 spiro atoms. The number of hydrogen-bond acceptors (Lipinski definition) is 3. The lowest BCUT2D eigenvalue weighted by molar-refractivity contribution is 0.282. The average Bonchev–Trinajstić information content (AvgIpc) is 2.39. The van der Waals surface area contributed by atoms with Crippen molar-refractivity contribution >= 4 is 5.69 Å². The number of phenolic OH excluding ortho intramolecular Hbond substituents is 1. The Morgan fingerprint density at radius 3 is 2.63 bits per heavy atom. The Morgan fingerprint density at radius 2 is 1.95 bits per heavy atom. The molecule has 0 aliphatic rings. The number of anilines is 1. The van der Waals surface area contributed by atoms with Gasteiger partial charge in [0.2, 0.25) is 0 Å². The monoisotopic (exact) mass is 261 g/mol. The fraction of sp³-hybridized carbons (Fsp3) is 0.200. The van der Waals surface area contributed by atoms with E-state index in [4.69, 9.17) is 0 Å². The first-order valence-corrected chi connectivity index (χ1v) is 6.05. The number of hydrogen-bond donors (Lipinski definition) is 3. The molecule has 4 heteroatoms. The number of para-hydroxylation sites is 1. The molecule has 0 radical (unpaired) electrons. The molecule has 1 atom stereocenters. The van der Waals surface area contributed by atoms with E-state index in [0.717, 1.165) is 17.3 Å². The summed E-state index contributed by atoms with van der Waals surface area (Å²) in [4.78, 5) is 0. The molecule has 0 aliphatic carbocycles. The van der Waals surface area contributed by atoms with Gasteiger partial charge in [-0.3, -0.25) is 0 Å². The van der Waals surface area contributed by atoms with Gasteiger partial charge in [-0.2, -0.15) is 0 Å². The molecule has 2 rings (SSSR count). The quantitative estimate of drug-likeness (QED) is 0.792. The van der Waals surface area contributed by atoms with Crippen LogP contribution in [0.25, 0.3) is 0 Å². The van der Waals surface area contributed by atoms with Crippen molar-refractivity contribution in [1.29, 1.82) is 0 Å². The number of aromatic hydroxyl groups is 1. The maximum absolute atomic E-state index is 12.9. The number of halogens is 1. The number of aliphatic hydroxyl groups is 1. The summed E-state index contributed by atoms with van der Waals surface area (Å²) in [6, 6.07) is 11.1. The molecular formula is C15H16FNO2. The van der Waals surface area contributed by atoms with Gasteiger partial charge < -0.3 is 15.5 Å². The van der Waals surface area contributed by atoms with Crippen molar-refractivity contribution in [2.45, 2.75) is 19.6 Å². The van der Waals surface area contributed by atoms with Crippen LogP contribution in [0.2, 0.25) is 0 Å². The van der Waals surface area contributed by atoms with E-state index in [-0.39, 0.29) is 18.4 Å². The Kier molecular flexibility index (Phi) is 4.02. The first kappa shape index (κ1) is 13.4. The minimum Gasteiger partial charge on any atom is -0.507 e. The van der Waals surface area contributed by atoms with Crippen LogP contribution in [0.5, 0.6) is 5.75 Å². The summed E-state index contributed by atoms with van der Waals surface area (Å²) in [5.41, 5.74) is 2.17. The molecule has 3 nitrogen and oxygen atoms in total. The highest BCUT2D eigenvalue weighted by Crippen LogP contribution is 2.28. The van der Waals surface area contributed by atoms with E-state index in [9.17, 15) is 14.6 Å². The summed E-state index contributed by atoms with van der Waals surface area (Å²) in [6.07, 6.45) is 0. The summed E-state index contributed by atoms with van der Waals surface area (Å²) in [5, 5.41) is 22.2. The molecule has 0 heterocycles. The molecule has 100 valence electrons. The zero-order valence-corrected chi connectivity index (χ0v) is 10.6. The van der Waals surface area contributed by atoms with Crippen molar-refractivity contribution in [2.24, 2.45) is 0 Å². The first-order chi connectivity index (χ1) is 9.11. The van der Waals surface area contributed by atoms with Gasteiger partial charge in [0, 0.05) is 22.9 Å². The number of phenols is 1. The molecule has 0 saturated heterocycles. The second-order valence-electron chi connectivity index (χ2n) is 4.38. The standard InChI is InChI=1S/C15H16FNO2/c1-10(13-7-6-12(16)8-15(13)19)17-14-5-3-2-4-11(14)9-18/h2-8,10,17-19H,9H2,1H3. The lowest BCUT2D eigenvalue weighted by Crippen LogP contribution is -2.08. The third-order valence-corrected chi connectivity index (χ3v) is 3.02. The molecule has 0 aliphatic heterocycles. The largest absolute Gasteiger partial charge is 0.507 e. The Balaban J connectivity index is 2.23. The SMILES string of the molecule is CC(Nc1ccccc1CO)c1ccc(F)cc1O. The Labute approximate surface area is 111 Å². The first-order valence-electron chi connectivity index (χ1n) is 6.05. The van der Waals surface area contributed by atoms with Gasteiger partial charge in [-0.1, -0.05) is 24.3 Å². The van der Waals surface area contributed by atoms with Crippen LogP contribution in [0.1, 0.15) is 24.1 Å². The van der Waals surface area contributed by atoms with Gasteiger partial charge in [-0.05, 0) is 19.1 Å². The van der Waals surface area contributed by atoms with Gasteiger partial charge in [0.05, 0.1) is 12.6 Å². The molecule has 3 N–H and O–H groups in total. The summed E-state index contributed by atoms with van der Waals surface area (Å²) in [6.45, 7) is 1.80. The van der Waals surface area contributed by atoms with E-state index in [1.165, 1.54) is 6.07 Å². The van der Waals surface area contributed by atoms with Crippen LogP contribution >= 0.6 is 0 Å². The summed E-state index contributed by atoms with van der Waals surface area (Å²) >= 11 is 0. The molecule has 0 aromatic heterocycles. The predicted octanol–water partition coefficient (Wildman–Crippen LogP) is 3.20. The summed E-state index contributed by atoms with van der Waals surface area (Å²) in [5.74, 6) is -0.550. The number of nitrogens with one attached hydrogen (secondary N) is 1. The average molecular weight is 261 g/mol. The van der Waals surface area contributed by atoms with Gasteiger partial charge >= 0.3 is 0 Å². The van der Waals surface area contributed by atoms with E-state index in [0.29, 0.717) is 5.56 Å². The molecule has 2 aromatic rings. The predicted molar refractivity (Wildman–Crippen MR) is 72.5 cm³/mol. The Hall–Kier alpha value is -2.07. The van der Waals surface area contributed by atoms with Crippen molar-refractivity contribution < 1.29 is 14.6 Å². The van der Waals surface area contributed by atoms with E-state index < -0.39 is 5.82 Å². The van der Waals surface area contributed by atoms with Gasteiger partial charge in [0.25, 0.3) is 0 Å². The van der Waals surface area contributed by atoms with Crippen molar-refractivity contribution in [3.05, 3.63) is 59.4 Å². The van der Waals surface area contributed by atoms with Crippen LogP contribution in [0.4, 0.5) is 10.1 Å². The van der Waals surface area contributed by atoms with E-state index in [1.54, 1.807) is 6.07 Å². The Morgan fingerprint density at radius 1 is 1.21 bits per heavy atom. The second kappa shape index (κ2) is 5.71. The summed E-state index contributed by atoms with van der Waals surface area (Å²) in [7, 11) is 0. The lowest BCUT2D eigenvalue weighted by Gasteiger charge is -2.18. The highest BCUT2D eigenvalue weighted by Gasteiger charge is 2.12. The molecule has 0 saturated carbocycles. The van der Waals surface area contributed by atoms with Crippen molar-refractivity contribution in [2.75, 3.05) is 5.32 Å². The third kappa shape index (κ3) is 3.03. The zero-order chi connectivity index (χ0) is 13.8. The van der Waals surface area contributed by atoms with E-state index >= 15 is 0 Å². The van der Waals surface area contributed by atoms with Crippen molar-refractivity contribution in [1.82, 2.24) is 0 Å². The zero-order valence-electron chi connectivity index (χ0n) is 10.6. The Bertz CT molecular complexity index is 572. The second-order valence-corrected chi connectivity index (χ2v) is 4.38. The molecule has 19 heavy (non-hydrogen) atoms. The molecule has 2 aromatic carbocycles. The van der Waals surface area contributed by atoms with E-state index in [1.807, 2.05) is 31.2 Å². The molecule has 1 unspecified atom stereocenters. The fourth-order valence-electron chi connectivity index (χ4n) is 1.99. The molecule has 0 bridgehead atoms. The molecule has 0 fully saturated rings. The van der Waals surface area contributed by atoms with Crippen LogP contribution in [0.15, 0.2) is 42.5 Å². The maximum atomic E-state index is 12.9. The topological polar surface area (TPSA) is 52.5 Å². The maximum Gasteiger partial charge on any atom is 0.126 e. The molecule has 0 amide bonds. The van der Waals surface area contributed by atoms with Gasteiger partial charge in [0.1, 0.15) is 11.6 Å². The van der Waals surface area contributed by atoms with Crippen LogP contribution in [-0.4, -0.2) is 10.2 Å². The van der Waals surface area contributed by atoms with Gasteiger partial charge in [-0.15, -0.1) is 0 Å². The minimum absolute atomic E-state index is 0.0642. The van der Waals surface area contributed by atoms with Crippen LogP contribution in [0, 0.1) is 5.82 Å². The number of benzene rings is 2. The minimum atomic E-state index is -0.468. The highest BCUT2D eigenvalue weighted by atomic mass is 19.1. The van der Waals surface area contributed by atoms with Gasteiger partial charge in [-0.25, -0.2) is 4.39 Å². The lowest BCUT2D eigenvalue weighted by atomic mass is 10.1. The number of aliphatic hydroxyl groups excluding tert-OH is 1. The van der Waals surface area contributed by atoms with Crippen LogP contribution in [0.3, 0.4) is 0 Å². The van der Waals surface area contributed by atoms with Crippen molar-refractivity contribution in [3.8, 4) is 5.75 Å². The smallest absolute Gasteiger partial charge is 0.126 e. The number of rotatable bonds is 4. The van der Waals surface area contributed by atoms with Crippen LogP contribution in [-0.2, 0) is 6.61 Å². The fourth-order valence-corrected chi connectivity index (χ4v) is 1.99.